The normalized spacial score (nSPS) is 10.9. The molecule has 0 fully saturated rings. The van der Waals surface area contributed by atoms with Crippen LogP contribution in [0.15, 0.2) is 71.2 Å². The summed E-state index contributed by atoms with van der Waals surface area (Å²) in [5, 5.41) is 6.57. The number of halogens is 1. The minimum absolute atomic E-state index is 0.0364. The van der Waals surface area contributed by atoms with Gasteiger partial charge in [0.25, 0.3) is 5.91 Å². The van der Waals surface area contributed by atoms with Gasteiger partial charge in [-0.1, -0.05) is 29.8 Å². The number of methoxy groups -OCH3 is 3. The Kier molecular flexibility index (Phi) is 7.46. The zero-order valence-corrected chi connectivity index (χ0v) is 20.5. The zero-order chi connectivity index (χ0) is 25.7. The molecular formula is C27H23ClN2O6. The third kappa shape index (κ3) is 5.29. The van der Waals surface area contributed by atoms with E-state index in [1.165, 1.54) is 27.4 Å². The van der Waals surface area contributed by atoms with Crippen molar-refractivity contribution in [2.45, 2.75) is 0 Å². The van der Waals surface area contributed by atoms with Gasteiger partial charge >= 0.3 is 0 Å². The molecule has 0 aliphatic rings. The maximum Gasteiger partial charge on any atom is 0.293 e. The summed E-state index contributed by atoms with van der Waals surface area (Å²) in [6.07, 6.45) is 2.93. The SMILES string of the molecule is COc1cc(C=CC(=O)Nc2c(C(=O)Nc3cccc(Cl)c3)oc3ccccc23)cc(OC)c1OC. The summed E-state index contributed by atoms with van der Waals surface area (Å²) in [6, 6.07) is 17.2. The first-order chi connectivity index (χ1) is 17.4. The Morgan fingerprint density at radius 3 is 2.28 bits per heavy atom. The van der Waals surface area contributed by atoms with Gasteiger partial charge in [0.1, 0.15) is 11.3 Å². The number of fused-ring (bicyclic) bond motifs is 1. The molecule has 0 aliphatic carbocycles. The number of carbonyl (C=O) groups excluding carboxylic acids is 2. The molecule has 3 aromatic carbocycles. The molecule has 0 saturated carbocycles. The van der Waals surface area contributed by atoms with Crippen molar-refractivity contribution in [3.05, 3.63) is 83.1 Å². The maximum atomic E-state index is 13.0. The van der Waals surface area contributed by atoms with E-state index in [2.05, 4.69) is 10.6 Å². The van der Waals surface area contributed by atoms with Gasteiger partial charge in [0.05, 0.1) is 21.3 Å². The van der Waals surface area contributed by atoms with Crippen LogP contribution in [-0.4, -0.2) is 33.1 Å². The van der Waals surface area contributed by atoms with Crippen molar-refractivity contribution in [2.75, 3.05) is 32.0 Å². The lowest BCUT2D eigenvalue weighted by Crippen LogP contribution is -2.15. The lowest BCUT2D eigenvalue weighted by Gasteiger charge is -2.12. The van der Waals surface area contributed by atoms with E-state index < -0.39 is 11.8 Å². The number of para-hydroxylation sites is 1. The summed E-state index contributed by atoms with van der Waals surface area (Å²) >= 11 is 6.02. The predicted molar refractivity (Wildman–Crippen MR) is 139 cm³/mol. The predicted octanol–water partition coefficient (Wildman–Crippen LogP) is 6.02. The van der Waals surface area contributed by atoms with Crippen LogP contribution in [0.2, 0.25) is 5.02 Å². The molecule has 8 nitrogen and oxygen atoms in total. The highest BCUT2D eigenvalue weighted by Crippen LogP contribution is 2.38. The average molecular weight is 507 g/mol. The second-order valence-electron chi connectivity index (χ2n) is 7.55. The van der Waals surface area contributed by atoms with Crippen molar-refractivity contribution in [3.8, 4) is 17.2 Å². The van der Waals surface area contributed by atoms with Crippen LogP contribution in [0.3, 0.4) is 0 Å². The molecular weight excluding hydrogens is 484 g/mol. The van der Waals surface area contributed by atoms with Crippen LogP contribution in [0.1, 0.15) is 16.1 Å². The largest absolute Gasteiger partial charge is 0.493 e. The number of nitrogens with one attached hydrogen (secondary N) is 2. The first-order valence-electron chi connectivity index (χ1n) is 10.8. The van der Waals surface area contributed by atoms with Gasteiger partial charge in [-0.15, -0.1) is 0 Å². The molecule has 2 N–H and O–H groups in total. The third-order valence-electron chi connectivity index (χ3n) is 5.25. The quantitative estimate of drug-likeness (QED) is 0.284. The molecule has 0 atom stereocenters. The van der Waals surface area contributed by atoms with Crippen LogP contribution in [0.25, 0.3) is 17.0 Å². The van der Waals surface area contributed by atoms with Gasteiger partial charge in [0.2, 0.25) is 17.4 Å². The van der Waals surface area contributed by atoms with Crippen molar-refractivity contribution in [1.29, 1.82) is 0 Å². The number of amides is 2. The number of rotatable bonds is 8. The Labute approximate surface area is 212 Å². The first-order valence-corrected chi connectivity index (χ1v) is 11.2. The van der Waals surface area contributed by atoms with E-state index >= 15 is 0 Å². The Hall–Kier alpha value is -4.43. The summed E-state index contributed by atoms with van der Waals surface area (Å²) in [5.41, 5.74) is 1.85. The summed E-state index contributed by atoms with van der Waals surface area (Å²) in [4.78, 5) is 25.9. The fourth-order valence-electron chi connectivity index (χ4n) is 3.62. The number of benzene rings is 3. The molecule has 184 valence electrons. The zero-order valence-electron chi connectivity index (χ0n) is 19.8. The molecule has 0 saturated heterocycles. The van der Waals surface area contributed by atoms with Gasteiger partial charge in [-0.05, 0) is 54.1 Å². The number of anilines is 2. The van der Waals surface area contributed by atoms with Crippen molar-refractivity contribution in [2.24, 2.45) is 0 Å². The third-order valence-corrected chi connectivity index (χ3v) is 5.48. The highest BCUT2D eigenvalue weighted by Gasteiger charge is 2.22. The molecule has 1 heterocycles. The van der Waals surface area contributed by atoms with E-state index in [9.17, 15) is 9.59 Å². The molecule has 0 bridgehead atoms. The van der Waals surface area contributed by atoms with E-state index in [0.717, 1.165) is 0 Å². The number of hydrogen-bond acceptors (Lipinski definition) is 6. The summed E-state index contributed by atoms with van der Waals surface area (Å²) in [6.45, 7) is 0. The van der Waals surface area contributed by atoms with E-state index in [0.29, 0.717) is 44.5 Å². The monoisotopic (exact) mass is 506 g/mol. The Balaban J connectivity index is 1.61. The molecule has 4 aromatic rings. The van der Waals surface area contributed by atoms with Gasteiger partial charge in [-0.3, -0.25) is 9.59 Å². The lowest BCUT2D eigenvalue weighted by atomic mass is 10.1. The first kappa shape index (κ1) is 24.7. The van der Waals surface area contributed by atoms with E-state index in [-0.39, 0.29) is 11.4 Å². The minimum Gasteiger partial charge on any atom is -0.493 e. The van der Waals surface area contributed by atoms with E-state index in [1.54, 1.807) is 66.7 Å². The second-order valence-corrected chi connectivity index (χ2v) is 7.98. The van der Waals surface area contributed by atoms with Crippen LogP contribution in [0.4, 0.5) is 11.4 Å². The van der Waals surface area contributed by atoms with Gasteiger partial charge in [0.15, 0.2) is 11.5 Å². The Morgan fingerprint density at radius 1 is 0.889 bits per heavy atom. The average Bonchev–Trinajstić information content (AvgIpc) is 3.25. The molecule has 0 aliphatic heterocycles. The van der Waals surface area contributed by atoms with Crippen LogP contribution in [-0.2, 0) is 4.79 Å². The highest BCUT2D eigenvalue weighted by atomic mass is 35.5. The molecule has 0 radical (unpaired) electrons. The molecule has 2 amide bonds. The van der Waals surface area contributed by atoms with Crippen molar-refractivity contribution in [1.82, 2.24) is 0 Å². The minimum atomic E-state index is -0.530. The highest BCUT2D eigenvalue weighted by molar-refractivity contribution is 6.31. The molecule has 36 heavy (non-hydrogen) atoms. The lowest BCUT2D eigenvalue weighted by molar-refractivity contribution is -0.111. The van der Waals surface area contributed by atoms with Crippen molar-refractivity contribution < 1.29 is 28.2 Å². The summed E-state index contributed by atoms with van der Waals surface area (Å²) < 4.78 is 21.8. The van der Waals surface area contributed by atoms with Gasteiger partial charge in [-0.25, -0.2) is 0 Å². The van der Waals surface area contributed by atoms with Crippen LogP contribution < -0.4 is 24.8 Å². The van der Waals surface area contributed by atoms with E-state index in [4.69, 9.17) is 30.2 Å². The maximum absolute atomic E-state index is 13.0. The van der Waals surface area contributed by atoms with Crippen LogP contribution >= 0.6 is 11.6 Å². The molecule has 0 spiro atoms. The van der Waals surface area contributed by atoms with E-state index in [1.807, 2.05) is 0 Å². The van der Waals surface area contributed by atoms with Gasteiger partial charge in [-0.2, -0.15) is 0 Å². The molecule has 1 aromatic heterocycles. The summed E-state index contributed by atoms with van der Waals surface area (Å²) in [7, 11) is 4.54. The number of furan rings is 1. The number of hydrogen-bond donors (Lipinski definition) is 2. The molecule has 9 heteroatoms. The van der Waals surface area contributed by atoms with Crippen LogP contribution in [0.5, 0.6) is 17.2 Å². The van der Waals surface area contributed by atoms with Crippen molar-refractivity contribution in [3.63, 3.8) is 0 Å². The Morgan fingerprint density at radius 2 is 1.61 bits per heavy atom. The summed E-state index contributed by atoms with van der Waals surface area (Å²) in [5.74, 6) is 0.326. The van der Waals surface area contributed by atoms with Crippen LogP contribution in [0, 0.1) is 0 Å². The molecule has 0 unspecified atom stereocenters. The second kappa shape index (κ2) is 10.9. The standard InChI is InChI=1S/C27H23ClN2O6/c1-33-21-13-16(14-22(34-2)25(21)35-3)11-12-23(31)30-24-19-9-4-5-10-20(19)36-26(24)27(32)29-18-8-6-7-17(28)15-18/h4-15H,1-3H3,(H,29,32)(H,30,31). The molecule has 4 rings (SSSR count). The van der Waals surface area contributed by atoms with Gasteiger partial charge in [0, 0.05) is 22.2 Å². The number of carbonyl (C=O) groups is 2. The Bertz CT molecular complexity index is 1430. The van der Waals surface area contributed by atoms with Gasteiger partial charge < -0.3 is 29.3 Å². The number of ether oxygens (including phenoxy) is 3. The fraction of sp³-hybridized carbons (Fsp3) is 0.111. The fourth-order valence-corrected chi connectivity index (χ4v) is 3.81. The van der Waals surface area contributed by atoms with Crippen molar-refractivity contribution >= 4 is 51.8 Å². The topological polar surface area (TPSA) is 99.0 Å². The smallest absolute Gasteiger partial charge is 0.293 e.